The smallest absolute Gasteiger partial charge is 0.0701 e. The Bertz CT molecular complexity index is 442. The molecule has 2 aromatic rings. The number of aromatic nitrogens is 1. The molecule has 0 bridgehead atoms. The van der Waals surface area contributed by atoms with Crippen LogP contribution in [0.1, 0.15) is 0 Å². The lowest BCUT2D eigenvalue weighted by molar-refractivity contribution is 0.117. The predicted molar refractivity (Wildman–Crippen MR) is 71.3 cm³/mol. The van der Waals surface area contributed by atoms with Gasteiger partial charge in [0.1, 0.15) is 0 Å². The fourth-order valence-corrected chi connectivity index (χ4v) is 1.61. The van der Waals surface area contributed by atoms with E-state index in [0.717, 1.165) is 12.1 Å². The van der Waals surface area contributed by atoms with Crippen LogP contribution in [-0.2, 0) is 0 Å². The van der Waals surface area contributed by atoms with Gasteiger partial charge in [-0.3, -0.25) is 4.98 Å². The maximum Gasteiger partial charge on any atom is 0.0701 e. The van der Waals surface area contributed by atoms with E-state index in [9.17, 15) is 0 Å². The van der Waals surface area contributed by atoms with Gasteiger partial charge in [0.25, 0.3) is 0 Å². The summed E-state index contributed by atoms with van der Waals surface area (Å²) in [5.41, 5.74) is 1.06. The molecule has 0 fully saturated rings. The molecule has 1 aliphatic heterocycles. The van der Waals surface area contributed by atoms with E-state index in [1.165, 1.54) is 5.39 Å². The van der Waals surface area contributed by atoms with E-state index in [0.29, 0.717) is 0 Å². The number of hydrazine groups is 1. The van der Waals surface area contributed by atoms with Crippen LogP contribution in [0.5, 0.6) is 0 Å². The largest absolute Gasteiger partial charge is 0.316 e. The molecule has 0 spiro atoms. The monoisotopic (exact) mass is 227 g/mol. The highest BCUT2D eigenvalue weighted by Crippen LogP contribution is 2.07. The lowest BCUT2D eigenvalue weighted by Crippen LogP contribution is -2.27. The highest BCUT2D eigenvalue weighted by atomic mass is 15.6. The molecule has 17 heavy (non-hydrogen) atoms. The van der Waals surface area contributed by atoms with E-state index in [4.69, 9.17) is 0 Å². The molecule has 0 amide bonds. The molecule has 0 unspecified atom stereocenters. The number of benzene rings is 1. The number of hydrogen-bond donors (Lipinski definition) is 0. The third kappa shape index (κ3) is 3.04. The molecule has 0 aliphatic carbocycles. The molecule has 1 aromatic carbocycles. The average molecular weight is 227 g/mol. The van der Waals surface area contributed by atoms with Gasteiger partial charge in [-0.25, -0.2) is 5.01 Å². The Labute approximate surface area is 102 Å². The zero-order valence-corrected chi connectivity index (χ0v) is 10.2. The van der Waals surface area contributed by atoms with Crippen LogP contribution in [0.2, 0.25) is 0 Å². The van der Waals surface area contributed by atoms with Gasteiger partial charge in [-0.05, 0) is 12.1 Å². The van der Waals surface area contributed by atoms with Crippen LogP contribution < -0.4 is 0 Å². The van der Waals surface area contributed by atoms with Crippen molar-refractivity contribution in [1.29, 1.82) is 0 Å². The maximum absolute atomic E-state index is 4.18. The van der Waals surface area contributed by atoms with Gasteiger partial charge in [0.2, 0.25) is 0 Å². The quantitative estimate of drug-likeness (QED) is 0.689. The Kier molecular flexibility index (Phi) is 3.73. The fraction of sp³-hybridized carbons (Fsp3) is 0.214. The highest BCUT2D eigenvalue weighted by molar-refractivity contribution is 5.77. The van der Waals surface area contributed by atoms with Gasteiger partial charge in [0, 0.05) is 38.4 Å². The molecule has 0 saturated carbocycles. The number of hydrogen-bond acceptors (Lipinski definition) is 3. The Morgan fingerprint density at radius 3 is 2.41 bits per heavy atom. The third-order valence-corrected chi connectivity index (χ3v) is 2.74. The van der Waals surface area contributed by atoms with Crippen molar-refractivity contribution in [2.45, 2.75) is 0 Å². The van der Waals surface area contributed by atoms with Crippen molar-refractivity contribution < 1.29 is 0 Å². The summed E-state index contributed by atoms with van der Waals surface area (Å²) in [5.74, 6) is 0. The Morgan fingerprint density at radius 2 is 1.82 bits per heavy atom. The molecule has 1 aliphatic rings. The summed E-state index contributed by atoms with van der Waals surface area (Å²) < 4.78 is 0. The number of nitrogens with zero attached hydrogens (tertiary/aromatic N) is 3. The van der Waals surface area contributed by atoms with E-state index in [1.807, 2.05) is 37.5 Å². The first-order valence-corrected chi connectivity index (χ1v) is 5.67. The van der Waals surface area contributed by atoms with Crippen molar-refractivity contribution in [2.24, 2.45) is 0 Å². The molecule has 3 rings (SSSR count). The predicted octanol–water partition coefficient (Wildman–Crippen LogP) is 2.53. The van der Waals surface area contributed by atoms with E-state index in [1.54, 1.807) is 0 Å². The van der Waals surface area contributed by atoms with E-state index < -0.39 is 0 Å². The first-order valence-electron chi connectivity index (χ1n) is 5.67. The zero-order valence-electron chi connectivity index (χ0n) is 10.2. The Balaban J connectivity index is 0.000000136. The number of pyridine rings is 1. The molecule has 3 nitrogen and oxygen atoms in total. The molecule has 2 heterocycles. The van der Waals surface area contributed by atoms with Crippen LogP contribution in [0, 0.1) is 0 Å². The standard InChI is InChI=1S/C9H7N.C5H10N2/c1-2-6-9-8(4-1)5-3-7-10-9;1-6-4-3-5-7(6)2/h1-7H;3-4H,5H2,1-2H3. The summed E-state index contributed by atoms with van der Waals surface area (Å²) >= 11 is 0. The van der Waals surface area contributed by atoms with Crippen LogP contribution >= 0.6 is 0 Å². The zero-order chi connectivity index (χ0) is 12.1. The number of rotatable bonds is 0. The molecule has 3 heteroatoms. The SMILES string of the molecule is CN1C=CCN1C.c1ccc2ncccc2c1. The summed E-state index contributed by atoms with van der Waals surface area (Å²) in [6.07, 6.45) is 5.99. The van der Waals surface area contributed by atoms with Gasteiger partial charge >= 0.3 is 0 Å². The van der Waals surface area contributed by atoms with Crippen LogP contribution in [0.15, 0.2) is 54.9 Å². The van der Waals surface area contributed by atoms with Gasteiger partial charge in [-0.15, -0.1) is 0 Å². The van der Waals surface area contributed by atoms with Crippen molar-refractivity contribution in [3.05, 3.63) is 54.9 Å². The molecule has 1 aromatic heterocycles. The molecular weight excluding hydrogens is 210 g/mol. The van der Waals surface area contributed by atoms with Crippen molar-refractivity contribution in [1.82, 2.24) is 15.0 Å². The Morgan fingerprint density at radius 1 is 1.06 bits per heavy atom. The second-order valence-electron chi connectivity index (χ2n) is 3.99. The van der Waals surface area contributed by atoms with E-state index in [2.05, 4.69) is 46.5 Å². The summed E-state index contributed by atoms with van der Waals surface area (Å²) in [6, 6.07) is 12.1. The second-order valence-corrected chi connectivity index (χ2v) is 3.99. The summed E-state index contributed by atoms with van der Waals surface area (Å²) in [5, 5.41) is 5.38. The van der Waals surface area contributed by atoms with Crippen LogP contribution in [0.4, 0.5) is 0 Å². The topological polar surface area (TPSA) is 19.4 Å². The van der Waals surface area contributed by atoms with Crippen LogP contribution in [0.3, 0.4) is 0 Å². The normalized spacial score (nSPS) is 14.8. The number of para-hydroxylation sites is 1. The van der Waals surface area contributed by atoms with Gasteiger partial charge in [0.05, 0.1) is 5.52 Å². The molecule has 0 atom stereocenters. The summed E-state index contributed by atoms with van der Waals surface area (Å²) in [4.78, 5) is 4.18. The van der Waals surface area contributed by atoms with Crippen LogP contribution in [0.25, 0.3) is 10.9 Å². The molecule has 0 saturated heterocycles. The van der Waals surface area contributed by atoms with Gasteiger partial charge in [-0.1, -0.05) is 30.3 Å². The van der Waals surface area contributed by atoms with Crippen molar-refractivity contribution in [3.63, 3.8) is 0 Å². The minimum atomic E-state index is 1.05. The number of fused-ring (bicyclic) bond motifs is 1. The summed E-state index contributed by atoms with van der Waals surface area (Å²) in [7, 11) is 4.09. The van der Waals surface area contributed by atoms with Crippen molar-refractivity contribution in [3.8, 4) is 0 Å². The highest BCUT2D eigenvalue weighted by Gasteiger charge is 2.02. The van der Waals surface area contributed by atoms with E-state index >= 15 is 0 Å². The lowest BCUT2D eigenvalue weighted by atomic mass is 10.2. The minimum absolute atomic E-state index is 1.05. The Hall–Kier alpha value is -1.87. The molecule has 88 valence electrons. The third-order valence-electron chi connectivity index (χ3n) is 2.74. The first-order chi connectivity index (χ1) is 8.27. The first kappa shape index (κ1) is 11.6. The average Bonchev–Trinajstić information content (AvgIpc) is 2.75. The molecule has 0 radical (unpaired) electrons. The van der Waals surface area contributed by atoms with Crippen LogP contribution in [-0.4, -0.2) is 35.6 Å². The van der Waals surface area contributed by atoms with Crippen molar-refractivity contribution >= 4 is 10.9 Å². The lowest BCUT2D eigenvalue weighted by Gasteiger charge is -2.18. The van der Waals surface area contributed by atoms with Gasteiger partial charge < -0.3 is 5.01 Å². The second kappa shape index (κ2) is 5.46. The molecule has 0 N–H and O–H groups in total. The summed E-state index contributed by atoms with van der Waals surface area (Å²) in [6.45, 7) is 1.05. The molecular formula is C14H17N3. The fourth-order valence-electron chi connectivity index (χ4n) is 1.61. The van der Waals surface area contributed by atoms with E-state index in [-0.39, 0.29) is 0 Å². The van der Waals surface area contributed by atoms with Gasteiger partial charge in [0.15, 0.2) is 0 Å². The van der Waals surface area contributed by atoms with Gasteiger partial charge in [-0.2, -0.15) is 0 Å². The number of likely N-dealkylation sites (N-methyl/N-ethyl adjacent to an activating group) is 1. The van der Waals surface area contributed by atoms with Crippen molar-refractivity contribution in [2.75, 3.05) is 20.6 Å². The maximum atomic E-state index is 4.18. The minimum Gasteiger partial charge on any atom is -0.316 e.